The molecule has 1 aromatic heterocycles. The van der Waals surface area contributed by atoms with Gasteiger partial charge in [-0.15, -0.1) is 0 Å². The van der Waals surface area contributed by atoms with Crippen molar-refractivity contribution >= 4 is 6.29 Å². The Balaban J connectivity index is 3.20. The number of aldehydes is 1. The molecule has 13 heavy (non-hydrogen) atoms. The largest absolute Gasteiger partial charge is 0.374 e. The van der Waals surface area contributed by atoms with Gasteiger partial charge >= 0.3 is 0 Å². The van der Waals surface area contributed by atoms with Gasteiger partial charge in [-0.1, -0.05) is 6.07 Å². The lowest BCUT2D eigenvalue weighted by Gasteiger charge is -2.23. The van der Waals surface area contributed by atoms with E-state index in [0.29, 0.717) is 5.69 Å². The first-order valence-corrected chi connectivity index (χ1v) is 4.07. The Labute approximate surface area is 77.8 Å². The standard InChI is InChI=1S/C10H13NO2/c1-10(2,13-3)8-5-4-6-11-9(8)7-12/h4-7H,1-3H3. The van der Waals surface area contributed by atoms with Crippen molar-refractivity contribution in [2.75, 3.05) is 7.11 Å². The van der Waals surface area contributed by atoms with E-state index < -0.39 is 5.60 Å². The fraction of sp³-hybridized carbons (Fsp3) is 0.400. The molecule has 0 spiro atoms. The quantitative estimate of drug-likeness (QED) is 0.664. The van der Waals surface area contributed by atoms with Gasteiger partial charge in [-0.2, -0.15) is 0 Å². The van der Waals surface area contributed by atoms with Crippen LogP contribution in [0.15, 0.2) is 18.3 Å². The number of rotatable bonds is 3. The Hall–Kier alpha value is -1.22. The predicted octanol–water partition coefficient (Wildman–Crippen LogP) is 1.78. The van der Waals surface area contributed by atoms with Crippen molar-refractivity contribution < 1.29 is 9.53 Å². The molecule has 0 aliphatic heterocycles. The van der Waals surface area contributed by atoms with Gasteiger partial charge in [-0.05, 0) is 19.9 Å². The molecule has 1 heterocycles. The first-order valence-electron chi connectivity index (χ1n) is 4.07. The van der Waals surface area contributed by atoms with Gasteiger partial charge in [0.1, 0.15) is 5.69 Å². The number of pyridine rings is 1. The molecule has 0 fully saturated rings. The molecule has 0 aliphatic rings. The second kappa shape index (κ2) is 3.66. The molecule has 0 unspecified atom stereocenters. The van der Waals surface area contributed by atoms with Crippen LogP contribution in [0.3, 0.4) is 0 Å². The molecule has 1 rings (SSSR count). The van der Waals surface area contributed by atoms with Crippen molar-refractivity contribution in [1.82, 2.24) is 4.98 Å². The Bertz CT molecular complexity index is 308. The minimum Gasteiger partial charge on any atom is -0.374 e. The van der Waals surface area contributed by atoms with Crippen molar-refractivity contribution in [2.24, 2.45) is 0 Å². The van der Waals surface area contributed by atoms with E-state index in [4.69, 9.17) is 4.74 Å². The average Bonchev–Trinajstić information content (AvgIpc) is 2.18. The van der Waals surface area contributed by atoms with Crippen molar-refractivity contribution in [3.05, 3.63) is 29.6 Å². The van der Waals surface area contributed by atoms with E-state index in [1.54, 1.807) is 19.4 Å². The second-order valence-electron chi connectivity index (χ2n) is 3.27. The maximum Gasteiger partial charge on any atom is 0.168 e. The highest BCUT2D eigenvalue weighted by atomic mass is 16.5. The summed E-state index contributed by atoms with van der Waals surface area (Å²) in [5.74, 6) is 0. The number of hydrogen-bond acceptors (Lipinski definition) is 3. The summed E-state index contributed by atoms with van der Waals surface area (Å²) in [5.41, 5.74) is 0.784. The summed E-state index contributed by atoms with van der Waals surface area (Å²) in [4.78, 5) is 14.6. The molecular formula is C10H13NO2. The van der Waals surface area contributed by atoms with E-state index in [9.17, 15) is 4.79 Å². The maximum atomic E-state index is 10.7. The molecule has 0 N–H and O–H groups in total. The van der Waals surface area contributed by atoms with Crippen molar-refractivity contribution in [2.45, 2.75) is 19.4 Å². The fourth-order valence-corrected chi connectivity index (χ4v) is 1.13. The zero-order valence-corrected chi connectivity index (χ0v) is 8.07. The Morgan fingerprint density at radius 2 is 2.23 bits per heavy atom. The molecule has 0 saturated heterocycles. The number of carbonyl (C=O) groups excluding carboxylic acids is 1. The number of hydrogen-bond donors (Lipinski definition) is 0. The van der Waals surface area contributed by atoms with Gasteiger partial charge in [0.15, 0.2) is 6.29 Å². The minimum atomic E-state index is -0.468. The van der Waals surface area contributed by atoms with Crippen molar-refractivity contribution in [1.29, 1.82) is 0 Å². The van der Waals surface area contributed by atoms with Crippen LogP contribution >= 0.6 is 0 Å². The molecule has 0 atom stereocenters. The Morgan fingerprint density at radius 3 is 2.77 bits per heavy atom. The highest BCUT2D eigenvalue weighted by Crippen LogP contribution is 2.24. The first-order chi connectivity index (χ1) is 6.11. The molecule has 0 radical (unpaired) electrons. The number of carbonyl (C=O) groups is 1. The van der Waals surface area contributed by atoms with Crippen molar-refractivity contribution in [3.8, 4) is 0 Å². The summed E-state index contributed by atoms with van der Waals surface area (Å²) < 4.78 is 5.27. The molecule has 0 saturated carbocycles. The van der Waals surface area contributed by atoms with Crippen LogP contribution in [0.5, 0.6) is 0 Å². The molecule has 0 amide bonds. The van der Waals surface area contributed by atoms with Gasteiger partial charge in [-0.25, -0.2) is 0 Å². The van der Waals surface area contributed by atoms with E-state index in [0.717, 1.165) is 11.8 Å². The van der Waals surface area contributed by atoms with Gasteiger partial charge in [0, 0.05) is 18.9 Å². The average molecular weight is 179 g/mol. The van der Waals surface area contributed by atoms with Crippen LogP contribution in [0.25, 0.3) is 0 Å². The number of ether oxygens (including phenoxy) is 1. The summed E-state index contributed by atoms with van der Waals surface area (Å²) >= 11 is 0. The molecule has 0 aliphatic carbocycles. The lowest BCUT2D eigenvalue weighted by atomic mass is 9.97. The van der Waals surface area contributed by atoms with Crippen LogP contribution in [-0.2, 0) is 10.3 Å². The minimum absolute atomic E-state index is 0.439. The molecule has 1 aromatic rings. The van der Waals surface area contributed by atoms with Gasteiger partial charge < -0.3 is 4.74 Å². The number of aromatic nitrogens is 1. The number of nitrogens with zero attached hydrogens (tertiary/aromatic N) is 1. The van der Waals surface area contributed by atoms with Crippen LogP contribution in [0.1, 0.15) is 29.9 Å². The summed E-state index contributed by atoms with van der Waals surface area (Å²) in [7, 11) is 1.61. The van der Waals surface area contributed by atoms with Crippen LogP contribution in [-0.4, -0.2) is 18.4 Å². The summed E-state index contributed by atoms with van der Waals surface area (Å²) in [5, 5.41) is 0. The van der Waals surface area contributed by atoms with E-state index >= 15 is 0 Å². The van der Waals surface area contributed by atoms with Crippen LogP contribution in [0, 0.1) is 0 Å². The molecule has 3 nitrogen and oxygen atoms in total. The topological polar surface area (TPSA) is 39.2 Å². The second-order valence-corrected chi connectivity index (χ2v) is 3.27. The van der Waals surface area contributed by atoms with E-state index in [2.05, 4.69) is 4.98 Å². The lowest BCUT2D eigenvalue weighted by Crippen LogP contribution is -2.21. The van der Waals surface area contributed by atoms with E-state index in [-0.39, 0.29) is 0 Å². The van der Waals surface area contributed by atoms with Gasteiger partial charge in [0.05, 0.1) is 5.60 Å². The predicted molar refractivity (Wildman–Crippen MR) is 49.7 cm³/mol. The summed E-state index contributed by atoms with van der Waals surface area (Å²) in [6, 6.07) is 3.64. The maximum absolute atomic E-state index is 10.7. The monoisotopic (exact) mass is 179 g/mol. The zero-order chi connectivity index (χ0) is 9.90. The van der Waals surface area contributed by atoms with Crippen molar-refractivity contribution in [3.63, 3.8) is 0 Å². The molecule has 0 aromatic carbocycles. The zero-order valence-electron chi connectivity index (χ0n) is 8.07. The van der Waals surface area contributed by atoms with Crippen LogP contribution < -0.4 is 0 Å². The Kier molecular flexibility index (Phi) is 2.78. The highest BCUT2D eigenvalue weighted by Gasteiger charge is 2.22. The molecule has 0 bridgehead atoms. The van der Waals surface area contributed by atoms with E-state index in [1.165, 1.54) is 0 Å². The van der Waals surface area contributed by atoms with Gasteiger partial charge in [-0.3, -0.25) is 9.78 Å². The third kappa shape index (κ3) is 1.92. The van der Waals surface area contributed by atoms with Gasteiger partial charge in [0.2, 0.25) is 0 Å². The smallest absolute Gasteiger partial charge is 0.168 e. The highest BCUT2D eigenvalue weighted by molar-refractivity contribution is 5.74. The molecular weight excluding hydrogens is 166 g/mol. The van der Waals surface area contributed by atoms with Gasteiger partial charge in [0.25, 0.3) is 0 Å². The van der Waals surface area contributed by atoms with Crippen LogP contribution in [0.4, 0.5) is 0 Å². The summed E-state index contributed by atoms with van der Waals surface area (Å²) in [6.07, 6.45) is 2.34. The summed E-state index contributed by atoms with van der Waals surface area (Å²) in [6.45, 7) is 3.80. The normalized spacial score (nSPS) is 11.3. The Morgan fingerprint density at radius 1 is 1.54 bits per heavy atom. The molecule has 3 heteroatoms. The van der Waals surface area contributed by atoms with Crippen LogP contribution in [0.2, 0.25) is 0 Å². The third-order valence-electron chi connectivity index (χ3n) is 2.11. The third-order valence-corrected chi connectivity index (χ3v) is 2.11. The number of methoxy groups -OCH3 is 1. The molecule has 70 valence electrons. The lowest BCUT2D eigenvalue weighted by molar-refractivity contribution is 0.0183. The van der Waals surface area contributed by atoms with E-state index in [1.807, 2.05) is 19.9 Å². The fourth-order valence-electron chi connectivity index (χ4n) is 1.13. The SMILES string of the molecule is COC(C)(C)c1cccnc1C=O. The first kappa shape index (κ1) is 9.86.